The van der Waals surface area contributed by atoms with Gasteiger partial charge in [0.2, 0.25) is 0 Å². The molecule has 4 heterocycles. The standard InChI is InChI=1S/C29H27FN6O/c1-17-8-20(10-22(30)9-17)24-13-35-25-3-2-18(28-27(32)19(12-31)4-5-34-28)11-23(25)29(24)36-14-21(15-36)26-16-37-7-6-33-26/h2-5,8-11,13,21,26,33H,6-7,14-16,32H2,1H3. The van der Waals surface area contributed by atoms with Crippen molar-refractivity contribution in [3.8, 4) is 28.5 Å². The van der Waals surface area contributed by atoms with Crippen LogP contribution in [0.1, 0.15) is 11.1 Å². The minimum atomic E-state index is -0.273. The molecule has 37 heavy (non-hydrogen) atoms. The van der Waals surface area contributed by atoms with E-state index in [-0.39, 0.29) is 5.82 Å². The van der Waals surface area contributed by atoms with E-state index in [1.54, 1.807) is 18.3 Å². The Bertz CT molecular complexity index is 1520. The van der Waals surface area contributed by atoms with E-state index in [0.29, 0.717) is 28.9 Å². The fourth-order valence-electron chi connectivity index (χ4n) is 5.41. The molecule has 1 unspecified atom stereocenters. The van der Waals surface area contributed by atoms with Crippen LogP contribution in [0.4, 0.5) is 15.8 Å². The van der Waals surface area contributed by atoms with Gasteiger partial charge < -0.3 is 20.7 Å². The van der Waals surface area contributed by atoms with Gasteiger partial charge in [-0.1, -0.05) is 12.1 Å². The van der Waals surface area contributed by atoms with Crippen LogP contribution in [0.25, 0.3) is 33.3 Å². The van der Waals surface area contributed by atoms with Crippen LogP contribution in [0, 0.1) is 30.0 Å². The lowest BCUT2D eigenvalue weighted by atomic mass is 9.88. The number of nitriles is 1. The molecule has 0 aliphatic carbocycles. The van der Waals surface area contributed by atoms with Gasteiger partial charge in [-0.3, -0.25) is 9.97 Å². The third-order valence-corrected chi connectivity index (χ3v) is 7.32. The molecule has 186 valence electrons. The van der Waals surface area contributed by atoms with Gasteiger partial charge in [-0.25, -0.2) is 4.39 Å². The number of nitrogens with two attached hydrogens (primary N) is 1. The highest BCUT2D eigenvalue weighted by atomic mass is 19.1. The van der Waals surface area contributed by atoms with E-state index in [4.69, 9.17) is 15.5 Å². The maximum absolute atomic E-state index is 14.5. The molecule has 2 saturated heterocycles. The van der Waals surface area contributed by atoms with Crippen molar-refractivity contribution in [3.63, 3.8) is 0 Å². The van der Waals surface area contributed by atoms with Crippen molar-refractivity contribution in [1.29, 1.82) is 5.26 Å². The van der Waals surface area contributed by atoms with Gasteiger partial charge in [-0.2, -0.15) is 5.26 Å². The molecule has 2 aliphatic heterocycles. The van der Waals surface area contributed by atoms with E-state index < -0.39 is 0 Å². The summed E-state index contributed by atoms with van der Waals surface area (Å²) in [4.78, 5) is 11.5. The van der Waals surface area contributed by atoms with Gasteiger partial charge in [-0.15, -0.1) is 0 Å². The van der Waals surface area contributed by atoms with Gasteiger partial charge in [0.25, 0.3) is 0 Å². The number of aromatic nitrogens is 2. The fourth-order valence-corrected chi connectivity index (χ4v) is 5.41. The molecule has 2 aliphatic rings. The molecule has 2 aromatic carbocycles. The zero-order chi connectivity index (χ0) is 25.5. The van der Waals surface area contributed by atoms with Crippen molar-refractivity contribution < 1.29 is 9.13 Å². The molecule has 0 saturated carbocycles. The van der Waals surface area contributed by atoms with E-state index >= 15 is 0 Å². The Morgan fingerprint density at radius 1 is 1.14 bits per heavy atom. The number of nitrogens with zero attached hydrogens (tertiary/aromatic N) is 4. The third kappa shape index (κ3) is 4.26. The molecule has 0 amide bonds. The number of nitrogen functional groups attached to an aromatic ring is 1. The minimum Gasteiger partial charge on any atom is -0.396 e. The number of fused-ring (bicyclic) bond motifs is 1. The second-order valence-corrected chi connectivity index (χ2v) is 9.80. The Morgan fingerprint density at radius 2 is 2.00 bits per heavy atom. The lowest BCUT2D eigenvalue weighted by Gasteiger charge is -2.47. The Balaban J connectivity index is 1.49. The van der Waals surface area contributed by atoms with Crippen LogP contribution in [-0.2, 0) is 4.74 Å². The maximum atomic E-state index is 14.5. The number of hydrogen-bond donors (Lipinski definition) is 2. The predicted molar refractivity (Wildman–Crippen MR) is 143 cm³/mol. The lowest BCUT2D eigenvalue weighted by molar-refractivity contribution is 0.0509. The van der Waals surface area contributed by atoms with Crippen molar-refractivity contribution in [2.45, 2.75) is 13.0 Å². The molecule has 6 rings (SSSR count). The molecule has 0 radical (unpaired) electrons. The smallest absolute Gasteiger partial charge is 0.124 e. The zero-order valence-electron chi connectivity index (χ0n) is 20.5. The van der Waals surface area contributed by atoms with Gasteiger partial charge >= 0.3 is 0 Å². The monoisotopic (exact) mass is 494 g/mol. The summed E-state index contributed by atoms with van der Waals surface area (Å²) in [5.41, 5.74) is 12.8. The average Bonchev–Trinajstić information content (AvgIpc) is 2.88. The second-order valence-electron chi connectivity index (χ2n) is 9.80. The number of hydrogen-bond acceptors (Lipinski definition) is 7. The predicted octanol–water partition coefficient (Wildman–Crippen LogP) is 4.29. The molecule has 7 nitrogen and oxygen atoms in total. The van der Waals surface area contributed by atoms with Gasteiger partial charge in [0.1, 0.15) is 11.9 Å². The molecule has 2 aromatic heterocycles. The highest BCUT2D eigenvalue weighted by molar-refractivity contribution is 6.02. The normalized spacial score (nSPS) is 18.0. The number of aryl methyl sites for hydroxylation is 1. The van der Waals surface area contributed by atoms with Crippen molar-refractivity contribution in [3.05, 3.63) is 71.8 Å². The number of ether oxygens (including phenoxy) is 1. The molecule has 2 fully saturated rings. The number of nitrogens with one attached hydrogen (secondary N) is 1. The summed E-state index contributed by atoms with van der Waals surface area (Å²) in [6.45, 7) is 5.94. The van der Waals surface area contributed by atoms with Gasteiger partial charge in [0.05, 0.1) is 41.4 Å². The van der Waals surface area contributed by atoms with Crippen molar-refractivity contribution >= 4 is 22.3 Å². The highest BCUT2D eigenvalue weighted by Gasteiger charge is 2.36. The van der Waals surface area contributed by atoms with E-state index in [1.165, 1.54) is 6.07 Å². The summed E-state index contributed by atoms with van der Waals surface area (Å²) >= 11 is 0. The van der Waals surface area contributed by atoms with Crippen LogP contribution in [0.15, 0.2) is 54.9 Å². The Hall–Kier alpha value is -4.06. The molecular weight excluding hydrogens is 467 g/mol. The van der Waals surface area contributed by atoms with Crippen LogP contribution < -0.4 is 16.0 Å². The summed E-state index contributed by atoms with van der Waals surface area (Å²) < 4.78 is 20.1. The number of rotatable bonds is 4. The van der Waals surface area contributed by atoms with Gasteiger partial charge in [-0.05, 0) is 48.4 Å². The topological polar surface area (TPSA) is 100 Å². The molecule has 4 aromatic rings. The Labute approximate surface area is 214 Å². The fraction of sp³-hybridized carbons (Fsp3) is 0.276. The van der Waals surface area contributed by atoms with Gasteiger partial charge in [0, 0.05) is 60.5 Å². The maximum Gasteiger partial charge on any atom is 0.124 e. The lowest BCUT2D eigenvalue weighted by Crippen LogP contribution is -2.59. The first kappa shape index (κ1) is 23.3. The summed E-state index contributed by atoms with van der Waals surface area (Å²) in [7, 11) is 0. The van der Waals surface area contributed by atoms with E-state index in [2.05, 4.69) is 21.3 Å². The van der Waals surface area contributed by atoms with Crippen molar-refractivity contribution in [2.75, 3.05) is 43.5 Å². The van der Waals surface area contributed by atoms with Crippen LogP contribution in [0.3, 0.4) is 0 Å². The zero-order valence-corrected chi connectivity index (χ0v) is 20.5. The number of benzene rings is 2. The molecular formula is C29H27FN6O. The van der Waals surface area contributed by atoms with E-state index in [1.807, 2.05) is 37.4 Å². The van der Waals surface area contributed by atoms with E-state index in [0.717, 1.165) is 71.7 Å². The van der Waals surface area contributed by atoms with Gasteiger partial charge in [0.15, 0.2) is 0 Å². The molecule has 3 N–H and O–H groups in total. The molecule has 0 bridgehead atoms. The molecule has 1 atom stereocenters. The minimum absolute atomic E-state index is 0.273. The number of pyridine rings is 2. The largest absolute Gasteiger partial charge is 0.396 e. The Morgan fingerprint density at radius 3 is 2.76 bits per heavy atom. The van der Waals surface area contributed by atoms with Crippen LogP contribution in [-0.4, -0.2) is 48.9 Å². The Kier molecular flexibility index (Phi) is 5.95. The summed E-state index contributed by atoms with van der Waals surface area (Å²) in [6, 6.07) is 15.0. The van der Waals surface area contributed by atoms with Crippen molar-refractivity contribution in [2.24, 2.45) is 5.92 Å². The summed E-state index contributed by atoms with van der Waals surface area (Å²) in [5, 5.41) is 14.0. The van der Waals surface area contributed by atoms with Crippen LogP contribution in [0.2, 0.25) is 0 Å². The molecule has 0 spiro atoms. The first-order valence-electron chi connectivity index (χ1n) is 12.4. The number of anilines is 2. The highest BCUT2D eigenvalue weighted by Crippen LogP contribution is 2.42. The number of morpholine rings is 1. The molecule has 8 heteroatoms. The van der Waals surface area contributed by atoms with Crippen LogP contribution >= 0.6 is 0 Å². The number of halogens is 1. The average molecular weight is 495 g/mol. The van der Waals surface area contributed by atoms with Crippen LogP contribution in [0.5, 0.6) is 0 Å². The third-order valence-electron chi connectivity index (χ3n) is 7.32. The summed E-state index contributed by atoms with van der Waals surface area (Å²) in [5.74, 6) is 0.184. The van der Waals surface area contributed by atoms with Crippen molar-refractivity contribution in [1.82, 2.24) is 15.3 Å². The van der Waals surface area contributed by atoms with E-state index in [9.17, 15) is 9.65 Å². The first-order chi connectivity index (χ1) is 18.0. The second kappa shape index (κ2) is 9.43. The first-order valence-corrected chi connectivity index (χ1v) is 12.4. The SMILES string of the molecule is Cc1cc(F)cc(-c2cnc3ccc(-c4nccc(C#N)c4N)cc3c2N2CC(C3COCCN3)C2)c1. The summed E-state index contributed by atoms with van der Waals surface area (Å²) in [6.07, 6.45) is 3.43. The quantitative estimate of drug-likeness (QED) is 0.437.